The van der Waals surface area contributed by atoms with E-state index in [0.717, 1.165) is 24.3 Å². The number of nitrogens with one attached hydrogen (secondary N) is 2. The van der Waals surface area contributed by atoms with Gasteiger partial charge in [-0.25, -0.2) is 0 Å². The van der Waals surface area contributed by atoms with Gasteiger partial charge >= 0.3 is 0 Å². The summed E-state index contributed by atoms with van der Waals surface area (Å²) in [5.41, 5.74) is 2.20. The van der Waals surface area contributed by atoms with Crippen LogP contribution < -0.4 is 24.8 Å². The van der Waals surface area contributed by atoms with E-state index >= 15 is 0 Å². The van der Waals surface area contributed by atoms with Crippen LogP contribution in [0.25, 0.3) is 0 Å². The van der Waals surface area contributed by atoms with E-state index < -0.39 is 0 Å². The molecule has 8 heteroatoms. The topological polar surface area (TPSA) is 90.4 Å². The fraction of sp³-hybridized carbons (Fsp3) is 0.286. The monoisotopic (exact) mass is 395 g/mol. The van der Waals surface area contributed by atoms with E-state index in [-0.39, 0.29) is 0 Å². The van der Waals surface area contributed by atoms with Crippen molar-refractivity contribution in [1.82, 2.24) is 15.2 Å². The molecule has 0 saturated heterocycles. The Hall–Kier alpha value is -3.55. The first-order chi connectivity index (χ1) is 14.2. The molecule has 0 aliphatic carbocycles. The number of rotatable bonds is 10. The number of methoxy groups -OCH3 is 3. The highest BCUT2D eigenvalue weighted by Crippen LogP contribution is 2.27. The first kappa shape index (κ1) is 20.2. The zero-order valence-corrected chi connectivity index (χ0v) is 16.8. The summed E-state index contributed by atoms with van der Waals surface area (Å²) >= 11 is 0. The Morgan fingerprint density at radius 1 is 0.862 bits per heavy atom. The predicted octanol–water partition coefficient (Wildman–Crippen LogP) is 3.16. The molecule has 0 atom stereocenters. The third kappa shape index (κ3) is 5.71. The molecule has 29 heavy (non-hydrogen) atoms. The van der Waals surface area contributed by atoms with Crippen molar-refractivity contribution >= 4 is 11.8 Å². The van der Waals surface area contributed by atoms with Crippen LogP contribution in [-0.4, -0.2) is 43.1 Å². The van der Waals surface area contributed by atoms with Gasteiger partial charge in [-0.2, -0.15) is 10.1 Å². The normalized spacial score (nSPS) is 10.3. The number of ether oxygens (including phenoxy) is 3. The lowest BCUT2D eigenvalue weighted by Gasteiger charge is -2.11. The molecule has 0 fully saturated rings. The molecular weight excluding hydrogens is 370 g/mol. The van der Waals surface area contributed by atoms with Gasteiger partial charge in [-0.15, -0.1) is 5.10 Å². The molecular formula is C21H25N5O3. The maximum Gasteiger partial charge on any atom is 0.244 e. The van der Waals surface area contributed by atoms with Gasteiger partial charge in [0, 0.05) is 13.1 Å². The summed E-state index contributed by atoms with van der Waals surface area (Å²) in [7, 11) is 4.89. The highest BCUT2D eigenvalue weighted by atomic mass is 16.5. The number of hydrogen-bond acceptors (Lipinski definition) is 8. The van der Waals surface area contributed by atoms with Gasteiger partial charge in [0.05, 0.1) is 27.5 Å². The van der Waals surface area contributed by atoms with Crippen molar-refractivity contribution in [1.29, 1.82) is 0 Å². The molecule has 0 aliphatic rings. The molecule has 0 spiro atoms. The molecule has 0 bridgehead atoms. The average Bonchev–Trinajstić information content (AvgIpc) is 2.78. The van der Waals surface area contributed by atoms with Crippen LogP contribution in [-0.2, 0) is 13.0 Å². The Balaban J connectivity index is 1.54. The fourth-order valence-corrected chi connectivity index (χ4v) is 2.80. The van der Waals surface area contributed by atoms with Gasteiger partial charge in [0.15, 0.2) is 17.3 Å². The second kappa shape index (κ2) is 10.1. The largest absolute Gasteiger partial charge is 0.497 e. The minimum Gasteiger partial charge on any atom is -0.497 e. The molecule has 8 nitrogen and oxygen atoms in total. The summed E-state index contributed by atoms with van der Waals surface area (Å²) in [5.74, 6) is 3.34. The summed E-state index contributed by atoms with van der Waals surface area (Å²) in [6.45, 7) is 1.26. The molecule has 1 aromatic heterocycles. The van der Waals surface area contributed by atoms with Crippen LogP contribution in [0.2, 0.25) is 0 Å². The van der Waals surface area contributed by atoms with E-state index in [2.05, 4.69) is 31.9 Å². The van der Waals surface area contributed by atoms with Gasteiger partial charge in [0.2, 0.25) is 5.95 Å². The minimum atomic E-state index is 0.450. The van der Waals surface area contributed by atoms with E-state index in [0.29, 0.717) is 29.8 Å². The second-order valence-corrected chi connectivity index (χ2v) is 6.24. The van der Waals surface area contributed by atoms with Crippen molar-refractivity contribution in [2.45, 2.75) is 13.0 Å². The quantitative estimate of drug-likeness (QED) is 0.541. The lowest BCUT2D eigenvalue weighted by molar-refractivity contribution is 0.354. The second-order valence-electron chi connectivity index (χ2n) is 6.24. The summed E-state index contributed by atoms with van der Waals surface area (Å²) in [4.78, 5) is 4.45. The Morgan fingerprint density at radius 3 is 2.52 bits per heavy atom. The first-order valence-corrected chi connectivity index (χ1v) is 9.23. The molecule has 152 valence electrons. The summed E-state index contributed by atoms with van der Waals surface area (Å²) in [5, 5.41) is 14.5. The number of hydrogen-bond donors (Lipinski definition) is 2. The van der Waals surface area contributed by atoms with Crippen molar-refractivity contribution < 1.29 is 14.2 Å². The van der Waals surface area contributed by atoms with Gasteiger partial charge in [0.25, 0.3) is 0 Å². The first-order valence-electron chi connectivity index (χ1n) is 9.23. The van der Waals surface area contributed by atoms with Crippen LogP contribution >= 0.6 is 0 Å². The SMILES string of the molecule is COc1cccc(CCNc2cnnc(NCc3ccc(OC)c(OC)c3)n2)c1. The van der Waals surface area contributed by atoms with Gasteiger partial charge < -0.3 is 24.8 Å². The Morgan fingerprint density at radius 2 is 1.72 bits per heavy atom. The predicted molar refractivity (Wildman–Crippen MR) is 112 cm³/mol. The molecule has 0 amide bonds. The third-order valence-corrected chi connectivity index (χ3v) is 4.31. The summed E-state index contributed by atoms with van der Waals surface area (Å²) in [6.07, 6.45) is 2.45. The smallest absolute Gasteiger partial charge is 0.244 e. The Bertz CT molecular complexity index is 936. The Kier molecular flexibility index (Phi) is 7.05. The van der Waals surface area contributed by atoms with Gasteiger partial charge in [-0.1, -0.05) is 18.2 Å². The van der Waals surface area contributed by atoms with Crippen molar-refractivity contribution in [2.75, 3.05) is 38.5 Å². The van der Waals surface area contributed by atoms with E-state index in [4.69, 9.17) is 14.2 Å². The van der Waals surface area contributed by atoms with Crippen LogP contribution in [0.15, 0.2) is 48.7 Å². The zero-order valence-electron chi connectivity index (χ0n) is 16.8. The maximum absolute atomic E-state index is 5.33. The molecule has 2 aromatic carbocycles. The average molecular weight is 395 g/mol. The molecule has 1 heterocycles. The van der Waals surface area contributed by atoms with Crippen molar-refractivity contribution in [2.24, 2.45) is 0 Å². The van der Waals surface area contributed by atoms with E-state index in [1.54, 1.807) is 27.5 Å². The molecule has 0 unspecified atom stereocenters. The van der Waals surface area contributed by atoms with Crippen molar-refractivity contribution in [3.8, 4) is 17.2 Å². The molecule has 3 rings (SSSR count). The summed E-state index contributed by atoms with van der Waals surface area (Å²) < 4.78 is 15.8. The lowest BCUT2D eigenvalue weighted by atomic mass is 10.1. The van der Waals surface area contributed by atoms with Crippen LogP contribution in [0.5, 0.6) is 17.2 Å². The highest BCUT2D eigenvalue weighted by Gasteiger charge is 2.06. The number of nitrogens with zero attached hydrogens (tertiary/aromatic N) is 3. The molecule has 0 saturated carbocycles. The molecule has 0 radical (unpaired) electrons. The van der Waals surface area contributed by atoms with E-state index in [1.165, 1.54) is 5.56 Å². The fourth-order valence-electron chi connectivity index (χ4n) is 2.80. The molecule has 3 aromatic rings. The number of benzene rings is 2. The lowest BCUT2D eigenvalue weighted by Crippen LogP contribution is -2.10. The van der Waals surface area contributed by atoms with E-state index in [9.17, 15) is 0 Å². The number of aromatic nitrogens is 3. The number of anilines is 2. The molecule has 0 aliphatic heterocycles. The Labute approximate surface area is 170 Å². The molecule has 2 N–H and O–H groups in total. The van der Waals surface area contributed by atoms with Crippen LogP contribution in [0.3, 0.4) is 0 Å². The van der Waals surface area contributed by atoms with Crippen LogP contribution in [0, 0.1) is 0 Å². The van der Waals surface area contributed by atoms with Crippen molar-refractivity contribution in [3.05, 3.63) is 59.8 Å². The van der Waals surface area contributed by atoms with Crippen molar-refractivity contribution in [3.63, 3.8) is 0 Å². The maximum atomic E-state index is 5.33. The van der Waals surface area contributed by atoms with Crippen LogP contribution in [0.1, 0.15) is 11.1 Å². The zero-order chi connectivity index (χ0) is 20.5. The van der Waals surface area contributed by atoms with Gasteiger partial charge in [-0.05, 0) is 41.8 Å². The van der Waals surface area contributed by atoms with E-state index in [1.807, 2.05) is 36.4 Å². The standard InChI is InChI=1S/C21H25N5O3/c1-27-17-6-4-5-15(11-17)9-10-22-20-14-24-26-21(25-20)23-13-16-7-8-18(28-2)19(12-16)29-3/h4-8,11-12,14H,9-10,13H2,1-3H3,(H2,22,23,25,26). The highest BCUT2D eigenvalue weighted by molar-refractivity contribution is 5.44. The summed E-state index contributed by atoms with van der Waals surface area (Å²) in [6, 6.07) is 13.7. The third-order valence-electron chi connectivity index (χ3n) is 4.31. The van der Waals surface area contributed by atoms with Gasteiger partial charge in [-0.3, -0.25) is 0 Å². The minimum absolute atomic E-state index is 0.450. The van der Waals surface area contributed by atoms with Crippen LogP contribution in [0.4, 0.5) is 11.8 Å². The van der Waals surface area contributed by atoms with Gasteiger partial charge in [0.1, 0.15) is 5.75 Å².